The molecule has 140 valence electrons. The highest BCUT2D eigenvalue weighted by Crippen LogP contribution is 2.20. The minimum atomic E-state index is -0.953. The van der Waals surface area contributed by atoms with Gasteiger partial charge in [-0.1, -0.05) is 22.8 Å². The molecular formula is C18H18ClN5O3. The zero-order valence-electron chi connectivity index (χ0n) is 14.5. The first-order valence-electron chi connectivity index (χ1n) is 8.70. The Morgan fingerprint density at radius 3 is 3.07 bits per heavy atom. The van der Waals surface area contributed by atoms with Crippen molar-refractivity contribution < 1.29 is 14.4 Å². The van der Waals surface area contributed by atoms with Gasteiger partial charge in [-0.2, -0.15) is 10.1 Å². The van der Waals surface area contributed by atoms with Crippen molar-refractivity contribution in [3.05, 3.63) is 47.6 Å². The standard InChI is InChI=1S/C18H18ClN5O3/c19-13-4-3-5-14(8-13)24-10-12(9-20-24)17-21-16(27-22-17)11-23-7-2-1-6-15(25)18(23)26/h3-5,8-10,15,25H,1-2,6-7,11H2. The third-order valence-electron chi connectivity index (χ3n) is 4.46. The minimum absolute atomic E-state index is 0.186. The largest absolute Gasteiger partial charge is 0.383 e. The summed E-state index contributed by atoms with van der Waals surface area (Å²) in [7, 11) is 0. The summed E-state index contributed by atoms with van der Waals surface area (Å²) in [4.78, 5) is 18.1. The average Bonchev–Trinajstić information content (AvgIpc) is 3.29. The third-order valence-corrected chi connectivity index (χ3v) is 4.70. The molecule has 0 saturated carbocycles. The molecule has 27 heavy (non-hydrogen) atoms. The second-order valence-corrected chi connectivity index (χ2v) is 6.87. The molecule has 1 unspecified atom stereocenters. The van der Waals surface area contributed by atoms with Crippen LogP contribution in [0.25, 0.3) is 17.1 Å². The van der Waals surface area contributed by atoms with Gasteiger partial charge in [-0.25, -0.2) is 4.68 Å². The van der Waals surface area contributed by atoms with Crippen LogP contribution >= 0.6 is 11.6 Å². The van der Waals surface area contributed by atoms with E-state index in [1.54, 1.807) is 34.1 Å². The lowest BCUT2D eigenvalue weighted by Crippen LogP contribution is -2.37. The number of halogens is 1. The molecule has 8 nitrogen and oxygen atoms in total. The molecule has 2 aromatic heterocycles. The lowest BCUT2D eigenvalue weighted by molar-refractivity contribution is -0.140. The topological polar surface area (TPSA) is 97.3 Å². The van der Waals surface area contributed by atoms with Gasteiger partial charge in [0.05, 0.1) is 17.4 Å². The molecule has 1 N–H and O–H groups in total. The molecule has 0 radical (unpaired) electrons. The molecule has 1 atom stereocenters. The fraction of sp³-hybridized carbons (Fsp3) is 0.333. The van der Waals surface area contributed by atoms with Crippen LogP contribution in [0, 0.1) is 0 Å². The van der Waals surface area contributed by atoms with E-state index in [1.165, 1.54) is 0 Å². The van der Waals surface area contributed by atoms with Crippen LogP contribution in [0.15, 0.2) is 41.2 Å². The van der Waals surface area contributed by atoms with Crippen molar-refractivity contribution in [3.63, 3.8) is 0 Å². The van der Waals surface area contributed by atoms with Crippen LogP contribution < -0.4 is 0 Å². The Labute approximate surface area is 160 Å². The number of nitrogens with zero attached hydrogens (tertiary/aromatic N) is 5. The summed E-state index contributed by atoms with van der Waals surface area (Å²) in [5, 5.41) is 18.7. The number of carbonyl (C=O) groups excluding carboxylic acids is 1. The Hall–Kier alpha value is -2.71. The Morgan fingerprint density at radius 1 is 1.33 bits per heavy atom. The van der Waals surface area contributed by atoms with Gasteiger partial charge in [0, 0.05) is 17.8 Å². The second kappa shape index (κ2) is 7.50. The van der Waals surface area contributed by atoms with Crippen LogP contribution in [-0.2, 0) is 11.3 Å². The minimum Gasteiger partial charge on any atom is -0.383 e. The van der Waals surface area contributed by atoms with Crippen molar-refractivity contribution in [2.75, 3.05) is 6.54 Å². The maximum Gasteiger partial charge on any atom is 0.251 e. The summed E-state index contributed by atoms with van der Waals surface area (Å²) in [5.41, 5.74) is 1.51. The summed E-state index contributed by atoms with van der Waals surface area (Å²) < 4.78 is 6.96. The van der Waals surface area contributed by atoms with Crippen molar-refractivity contribution >= 4 is 17.5 Å². The van der Waals surface area contributed by atoms with Crippen LogP contribution in [0.5, 0.6) is 0 Å². The van der Waals surface area contributed by atoms with Gasteiger partial charge in [-0.3, -0.25) is 4.79 Å². The quantitative estimate of drug-likeness (QED) is 0.738. The molecule has 3 heterocycles. The molecule has 1 amide bonds. The fourth-order valence-corrected chi connectivity index (χ4v) is 3.22. The van der Waals surface area contributed by atoms with Crippen LogP contribution in [0.2, 0.25) is 5.02 Å². The number of aromatic nitrogens is 4. The second-order valence-electron chi connectivity index (χ2n) is 6.44. The van der Waals surface area contributed by atoms with E-state index in [-0.39, 0.29) is 12.5 Å². The third kappa shape index (κ3) is 3.86. The van der Waals surface area contributed by atoms with Gasteiger partial charge in [0.2, 0.25) is 11.7 Å². The van der Waals surface area contributed by atoms with Crippen LogP contribution in [0.1, 0.15) is 25.2 Å². The molecule has 3 aromatic rings. The van der Waals surface area contributed by atoms with E-state index in [0.717, 1.165) is 18.5 Å². The van der Waals surface area contributed by atoms with Gasteiger partial charge in [0.15, 0.2) is 0 Å². The summed E-state index contributed by atoms with van der Waals surface area (Å²) >= 11 is 6.02. The highest BCUT2D eigenvalue weighted by atomic mass is 35.5. The van der Waals surface area contributed by atoms with Gasteiger partial charge < -0.3 is 14.5 Å². The van der Waals surface area contributed by atoms with Crippen LogP contribution in [0.3, 0.4) is 0 Å². The highest BCUT2D eigenvalue weighted by molar-refractivity contribution is 6.30. The molecule has 4 rings (SSSR count). The molecular weight excluding hydrogens is 370 g/mol. The molecule has 0 aliphatic carbocycles. The number of aliphatic hydroxyl groups excluding tert-OH is 1. The van der Waals surface area contributed by atoms with Gasteiger partial charge in [-0.15, -0.1) is 0 Å². The predicted octanol–water partition coefficient (Wildman–Crippen LogP) is 2.45. The lowest BCUT2D eigenvalue weighted by Gasteiger charge is -2.19. The van der Waals surface area contributed by atoms with E-state index in [1.807, 2.05) is 12.1 Å². The van der Waals surface area contributed by atoms with Gasteiger partial charge in [-0.05, 0) is 37.5 Å². The summed E-state index contributed by atoms with van der Waals surface area (Å²) in [6.45, 7) is 0.756. The van der Waals surface area contributed by atoms with E-state index in [9.17, 15) is 9.90 Å². The van der Waals surface area contributed by atoms with Crippen molar-refractivity contribution in [2.24, 2.45) is 0 Å². The number of hydrogen-bond acceptors (Lipinski definition) is 6. The number of carbonyl (C=O) groups is 1. The van der Waals surface area contributed by atoms with Crippen molar-refractivity contribution in [3.8, 4) is 17.1 Å². The molecule has 1 aliphatic rings. The zero-order chi connectivity index (χ0) is 18.8. The number of benzene rings is 1. The van der Waals surface area contributed by atoms with Crippen molar-refractivity contribution in [1.29, 1.82) is 0 Å². The van der Waals surface area contributed by atoms with E-state index in [4.69, 9.17) is 16.1 Å². The average molecular weight is 388 g/mol. The van der Waals surface area contributed by atoms with Crippen molar-refractivity contribution in [2.45, 2.75) is 31.9 Å². The number of aliphatic hydroxyl groups is 1. The zero-order valence-corrected chi connectivity index (χ0v) is 15.2. The fourth-order valence-electron chi connectivity index (χ4n) is 3.04. The van der Waals surface area contributed by atoms with E-state index < -0.39 is 6.10 Å². The Bertz CT molecular complexity index is 954. The molecule has 0 bridgehead atoms. The highest BCUT2D eigenvalue weighted by Gasteiger charge is 2.26. The number of amides is 1. The summed E-state index contributed by atoms with van der Waals surface area (Å²) in [6.07, 6.45) is 4.62. The first-order valence-corrected chi connectivity index (χ1v) is 9.08. The van der Waals surface area contributed by atoms with Gasteiger partial charge in [0.25, 0.3) is 5.91 Å². The SMILES string of the molecule is O=C1C(O)CCCCN1Cc1nc(-c2cnn(-c3cccc(Cl)c3)c2)no1. The number of hydrogen-bond donors (Lipinski definition) is 1. The Morgan fingerprint density at radius 2 is 2.22 bits per heavy atom. The van der Waals surface area contributed by atoms with Crippen LogP contribution in [0.4, 0.5) is 0 Å². The molecule has 0 spiro atoms. The first-order chi connectivity index (χ1) is 13.1. The monoisotopic (exact) mass is 387 g/mol. The lowest BCUT2D eigenvalue weighted by atomic mass is 10.2. The molecule has 1 saturated heterocycles. The van der Waals surface area contributed by atoms with E-state index >= 15 is 0 Å². The smallest absolute Gasteiger partial charge is 0.251 e. The summed E-state index contributed by atoms with van der Waals surface area (Å²) in [6, 6.07) is 7.33. The first kappa shape index (κ1) is 17.7. The maximum atomic E-state index is 12.2. The molecule has 9 heteroatoms. The molecule has 1 aromatic carbocycles. The van der Waals surface area contributed by atoms with Gasteiger partial charge in [0.1, 0.15) is 12.6 Å². The Balaban J connectivity index is 1.50. The molecule has 1 aliphatic heterocycles. The predicted molar refractivity (Wildman–Crippen MR) is 97.1 cm³/mol. The van der Waals surface area contributed by atoms with E-state index in [0.29, 0.717) is 35.3 Å². The Kier molecular flexibility index (Phi) is 4.91. The summed E-state index contributed by atoms with van der Waals surface area (Å²) in [5.74, 6) is 0.421. The number of rotatable bonds is 4. The number of likely N-dealkylation sites (tertiary alicyclic amines) is 1. The normalized spacial score (nSPS) is 17.9. The van der Waals surface area contributed by atoms with E-state index in [2.05, 4.69) is 15.2 Å². The van der Waals surface area contributed by atoms with Crippen LogP contribution in [-0.4, -0.2) is 48.5 Å². The molecule has 1 fully saturated rings. The maximum absolute atomic E-state index is 12.2. The van der Waals surface area contributed by atoms with Gasteiger partial charge >= 0.3 is 0 Å². The van der Waals surface area contributed by atoms with Crippen molar-refractivity contribution in [1.82, 2.24) is 24.8 Å².